The van der Waals surface area contributed by atoms with Gasteiger partial charge in [0.1, 0.15) is 0 Å². The molecule has 0 bridgehead atoms. The average Bonchev–Trinajstić information content (AvgIpc) is 2.36. The van der Waals surface area contributed by atoms with E-state index in [-0.39, 0.29) is 0 Å². The minimum Gasteiger partial charge on any atom is -0.291 e. The van der Waals surface area contributed by atoms with Gasteiger partial charge in [0.05, 0.1) is 6.20 Å². The first-order chi connectivity index (χ1) is 5.72. The highest BCUT2D eigenvalue weighted by atomic mass is 15.3. The van der Waals surface area contributed by atoms with Gasteiger partial charge in [0.15, 0.2) is 0 Å². The Kier molecular flexibility index (Phi) is 2.87. The van der Waals surface area contributed by atoms with Gasteiger partial charge in [0.2, 0.25) is 0 Å². The predicted molar refractivity (Wildman–Crippen MR) is 47.4 cm³/mol. The lowest BCUT2D eigenvalue weighted by atomic mass is 10.1. The van der Waals surface area contributed by atoms with Crippen LogP contribution in [0, 0.1) is 12.5 Å². The Bertz CT molecular complexity index is 280. The topological polar surface area (TPSA) is 22.2 Å². The maximum absolute atomic E-state index is 6.66. The zero-order chi connectivity index (χ0) is 8.97. The van der Waals surface area contributed by atoms with Gasteiger partial charge in [0.25, 0.3) is 0 Å². The molecule has 0 aromatic carbocycles. The largest absolute Gasteiger partial charge is 0.307 e. The summed E-state index contributed by atoms with van der Waals surface area (Å²) >= 11 is 0. The van der Waals surface area contributed by atoms with Crippen molar-refractivity contribution in [3.8, 4) is 0 Å². The molecule has 0 aliphatic carbocycles. The molecule has 0 fully saturated rings. The summed E-state index contributed by atoms with van der Waals surface area (Å²) in [6.07, 6.45) is 4.82. The van der Waals surface area contributed by atoms with Gasteiger partial charge in [-0.15, -0.1) is 0 Å². The Labute approximate surface area is 72.8 Å². The highest BCUT2D eigenvalue weighted by Gasteiger charge is 2.01. The fourth-order valence-electron chi connectivity index (χ4n) is 1.13. The van der Waals surface area contributed by atoms with Crippen molar-refractivity contribution in [2.24, 2.45) is 5.92 Å². The van der Waals surface area contributed by atoms with Crippen LogP contribution in [0.4, 0.5) is 0 Å². The Morgan fingerprint density at radius 3 is 3.00 bits per heavy atom. The summed E-state index contributed by atoms with van der Waals surface area (Å²) in [7, 11) is 0. The molecule has 0 N–H and O–H groups in total. The Morgan fingerprint density at radius 1 is 1.67 bits per heavy atom. The molecule has 12 heavy (non-hydrogen) atoms. The van der Waals surface area contributed by atoms with E-state index in [9.17, 15) is 0 Å². The van der Waals surface area contributed by atoms with Gasteiger partial charge in [0, 0.05) is 6.20 Å². The van der Waals surface area contributed by atoms with Crippen LogP contribution in [0.2, 0.25) is 0 Å². The molecule has 1 aromatic rings. The minimum absolute atomic E-state index is 0.331. The van der Waals surface area contributed by atoms with E-state index in [1.165, 1.54) is 5.56 Å². The minimum atomic E-state index is 0.331. The van der Waals surface area contributed by atoms with Gasteiger partial charge in [-0.1, -0.05) is 13.8 Å². The summed E-state index contributed by atoms with van der Waals surface area (Å²) in [4.78, 5) is 3.25. The van der Waals surface area contributed by atoms with E-state index in [4.69, 9.17) is 6.57 Å². The lowest BCUT2D eigenvalue weighted by Gasteiger charge is -1.98. The maximum atomic E-state index is 6.66. The van der Waals surface area contributed by atoms with Gasteiger partial charge in [-0.05, 0) is 17.9 Å². The van der Waals surface area contributed by atoms with E-state index in [1.807, 2.05) is 12.4 Å². The number of hydrogen-bond acceptors (Lipinski definition) is 1. The molecule has 0 saturated heterocycles. The lowest BCUT2D eigenvalue weighted by molar-refractivity contribution is 0.645. The van der Waals surface area contributed by atoms with Gasteiger partial charge >= 0.3 is 6.67 Å². The monoisotopic (exact) mass is 163 g/mol. The van der Waals surface area contributed by atoms with Gasteiger partial charge in [-0.3, -0.25) is 4.85 Å². The molecular weight excluding hydrogens is 150 g/mol. The summed E-state index contributed by atoms with van der Waals surface area (Å²) in [6, 6.07) is 0. The second kappa shape index (κ2) is 3.91. The third kappa shape index (κ3) is 2.39. The molecule has 1 rings (SSSR count). The van der Waals surface area contributed by atoms with Crippen molar-refractivity contribution in [2.75, 3.05) is 0 Å². The molecule has 3 nitrogen and oxygen atoms in total. The summed E-state index contributed by atoms with van der Waals surface area (Å²) in [5, 5.41) is 4.06. The molecule has 0 saturated carbocycles. The fraction of sp³-hybridized carbons (Fsp3) is 0.556. The average molecular weight is 163 g/mol. The zero-order valence-corrected chi connectivity index (χ0v) is 7.49. The Morgan fingerprint density at radius 2 is 2.42 bits per heavy atom. The van der Waals surface area contributed by atoms with E-state index in [0.717, 1.165) is 6.42 Å². The summed E-state index contributed by atoms with van der Waals surface area (Å²) in [6.45, 7) is 11.3. The molecule has 0 aliphatic rings. The van der Waals surface area contributed by atoms with E-state index in [0.29, 0.717) is 12.6 Å². The number of rotatable bonds is 3. The number of hydrogen-bond donors (Lipinski definition) is 0. The van der Waals surface area contributed by atoms with Crippen molar-refractivity contribution in [2.45, 2.75) is 26.9 Å². The highest BCUT2D eigenvalue weighted by molar-refractivity contribution is 5.04. The van der Waals surface area contributed by atoms with E-state index in [2.05, 4.69) is 23.8 Å². The van der Waals surface area contributed by atoms with Crippen molar-refractivity contribution in [3.05, 3.63) is 29.4 Å². The molecule has 0 aliphatic heterocycles. The normalized spacial score (nSPS) is 10.2. The van der Waals surface area contributed by atoms with Crippen LogP contribution in [-0.4, -0.2) is 9.78 Å². The molecule has 0 atom stereocenters. The first-order valence-electron chi connectivity index (χ1n) is 4.07. The van der Waals surface area contributed by atoms with Crippen LogP contribution in [0.15, 0.2) is 12.4 Å². The highest BCUT2D eigenvalue weighted by Crippen LogP contribution is 2.06. The maximum Gasteiger partial charge on any atom is 0.307 e. The van der Waals surface area contributed by atoms with E-state index in [1.54, 1.807) is 4.68 Å². The van der Waals surface area contributed by atoms with Crippen LogP contribution in [0.5, 0.6) is 0 Å². The molecule has 3 heteroatoms. The molecule has 0 amide bonds. The van der Waals surface area contributed by atoms with Gasteiger partial charge < -0.3 is 0 Å². The predicted octanol–water partition coefficient (Wildman–Crippen LogP) is 1.96. The molecule has 1 heterocycles. The zero-order valence-electron chi connectivity index (χ0n) is 7.49. The quantitative estimate of drug-likeness (QED) is 0.624. The van der Waals surface area contributed by atoms with Crippen molar-refractivity contribution in [3.63, 3.8) is 0 Å². The number of nitrogens with zero attached hydrogens (tertiary/aromatic N) is 3. The molecule has 1 aromatic heterocycles. The van der Waals surface area contributed by atoms with Crippen LogP contribution in [0.3, 0.4) is 0 Å². The first kappa shape index (κ1) is 8.79. The van der Waals surface area contributed by atoms with E-state index >= 15 is 0 Å². The van der Waals surface area contributed by atoms with Crippen LogP contribution in [0.25, 0.3) is 4.85 Å². The van der Waals surface area contributed by atoms with Crippen molar-refractivity contribution < 1.29 is 0 Å². The van der Waals surface area contributed by atoms with Crippen LogP contribution >= 0.6 is 0 Å². The van der Waals surface area contributed by atoms with Gasteiger partial charge in [-0.2, -0.15) is 5.10 Å². The number of aromatic nitrogens is 2. The van der Waals surface area contributed by atoms with E-state index < -0.39 is 0 Å². The second-order valence-corrected chi connectivity index (χ2v) is 3.29. The molecule has 64 valence electrons. The van der Waals surface area contributed by atoms with Crippen molar-refractivity contribution in [1.82, 2.24) is 9.78 Å². The fourth-order valence-corrected chi connectivity index (χ4v) is 1.13. The Hall–Kier alpha value is -1.30. The van der Waals surface area contributed by atoms with Crippen molar-refractivity contribution in [1.29, 1.82) is 0 Å². The van der Waals surface area contributed by atoms with Crippen LogP contribution < -0.4 is 0 Å². The lowest BCUT2D eigenvalue weighted by Crippen LogP contribution is -1.94. The molecule has 0 spiro atoms. The summed E-state index contributed by atoms with van der Waals surface area (Å²) in [5.74, 6) is 0.649. The second-order valence-electron chi connectivity index (χ2n) is 3.29. The van der Waals surface area contributed by atoms with Crippen LogP contribution in [0.1, 0.15) is 19.4 Å². The smallest absolute Gasteiger partial charge is 0.291 e. The SMILES string of the molecule is [C-]#[N+]Cn1cc(CC(C)C)cn1. The third-order valence-electron chi connectivity index (χ3n) is 1.55. The molecule has 0 radical (unpaired) electrons. The summed E-state index contributed by atoms with van der Waals surface area (Å²) in [5.41, 5.74) is 1.22. The molecular formula is C9H13N3. The summed E-state index contributed by atoms with van der Waals surface area (Å²) < 4.78 is 1.67. The van der Waals surface area contributed by atoms with Crippen LogP contribution in [-0.2, 0) is 13.1 Å². The van der Waals surface area contributed by atoms with Crippen molar-refractivity contribution >= 4 is 0 Å². The van der Waals surface area contributed by atoms with Gasteiger partial charge in [-0.25, -0.2) is 11.3 Å². The Balaban J connectivity index is 2.59. The first-order valence-corrected chi connectivity index (χ1v) is 4.07. The third-order valence-corrected chi connectivity index (χ3v) is 1.55. The standard InChI is InChI=1S/C9H13N3/c1-8(2)4-9-5-11-12(6-9)7-10-3/h5-6,8H,4,7H2,1-2H3. The molecule has 0 unspecified atom stereocenters.